The Bertz CT molecular complexity index is 1640. The Labute approximate surface area is 192 Å². The number of aromatic amines is 2. The number of rotatable bonds is 0. The predicted molar refractivity (Wildman–Crippen MR) is 132 cm³/mol. The van der Waals surface area contributed by atoms with Crippen molar-refractivity contribution in [2.75, 3.05) is 0 Å². The Morgan fingerprint density at radius 1 is 0.559 bits per heavy atom. The van der Waals surface area contributed by atoms with Gasteiger partial charge in [-0.1, -0.05) is 0 Å². The SMILES string of the molecule is C1=Cc2cc3ccc(cc4nc(cc5ccc(cc1n2)[nH]5)C=C4)[nH]3.O=c1nc2ccnc-2c1=O. The van der Waals surface area contributed by atoms with E-state index in [4.69, 9.17) is 0 Å². The highest BCUT2D eigenvalue weighted by atomic mass is 16.2. The Morgan fingerprint density at radius 3 is 1.41 bits per heavy atom. The van der Waals surface area contributed by atoms with Crippen LogP contribution in [0.25, 0.3) is 57.8 Å². The fourth-order valence-corrected chi connectivity index (χ4v) is 3.80. The van der Waals surface area contributed by atoms with Gasteiger partial charge in [0.1, 0.15) is 5.69 Å². The summed E-state index contributed by atoms with van der Waals surface area (Å²) in [5, 5.41) is 0. The van der Waals surface area contributed by atoms with Crippen LogP contribution in [-0.4, -0.2) is 29.9 Å². The lowest BCUT2D eigenvalue weighted by atomic mass is 10.3. The number of fused-ring (bicyclic) bond motifs is 9. The van der Waals surface area contributed by atoms with Crippen LogP contribution in [0.5, 0.6) is 0 Å². The monoisotopic (exact) mass is 444 g/mol. The van der Waals surface area contributed by atoms with Crippen LogP contribution in [-0.2, 0) is 0 Å². The molecule has 34 heavy (non-hydrogen) atoms. The third-order valence-electron chi connectivity index (χ3n) is 5.35. The lowest BCUT2D eigenvalue weighted by molar-refractivity contribution is 1.30. The van der Waals surface area contributed by atoms with E-state index in [1.165, 1.54) is 12.3 Å². The molecule has 2 N–H and O–H groups in total. The van der Waals surface area contributed by atoms with E-state index in [-0.39, 0.29) is 5.69 Å². The van der Waals surface area contributed by atoms with Crippen LogP contribution in [0.2, 0.25) is 0 Å². The van der Waals surface area contributed by atoms with Crippen LogP contribution in [0, 0.1) is 0 Å². The Morgan fingerprint density at radius 2 is 1.00 bits per heavy atom. The first kappa shape index (κ1) is 19.7. The van der Waals surface area contributed by atoms with Gasteiger partial charge in [-0.25, -0.2) is 15.0 Å². The molecule has 0 unspecified atom stereocenters. The minimum absolute atomic E-state index is 0.185. The highest BCUT2D eigenvalue weighted by molar-refractivity contribution is 5.77. The maximum Gasteiger partial charge on any atom is 0.320 e. The first-order chi connectivity index (χ1) is 16.6. The summed E-state index contributed by atoms with van der Waals surface area (Å²) in [5.41, 5.74) is 7.14. The van der Waals surface area contributed by atoms with Gasteiger partial charge in [0, 0.05) is 28.3 Å². The summed E-state index contributed by atoms with van der Waals surface area (Å²) in [6.07, 6.45) is 9.55. The summed E-state index contributed by atoms with van der Waals surface area (Å²) in [6.45, 7) is 0. The molecule has 7 rings (SSSR count). The van der Waals surface area contributed by atoms with Gasteiger partial charge in [0.05, 0.1) is 28.5 Å². The average Bonchev–Trinajstić information content (AvgIpc) is 3.63. The molecule has 8 heteroatoms. The van der Waals surface area contributed by atoms with E-state index in [0.717, 1.165) is 44.8 Å². The molecule has 162 valence electrons. The van der Waals surface area contributed by atoms with Crippen LogP contribution in [0.3, 0.4) is 0 Å². The molecular formula is C26H16N6O2. The molecule has 0 aromatic carbocycles. The zero-order valence-corrected chi connectivity index (χ0v) is 17.7. The zero-order valence-electron chi connectivity index (χ0n) is 17.7. The Balaban J connectivity index is 0.000000182. The molecule has 8 nitrogen and oxygen atoms in total. The van der Waals surface area contributed by atoms with Crippen LogP contribution in [0.4, 0.5) is 0 Å². The second-order valence-corrected chi connectivity index (χ2v) is 7.83. The van der Waals surface area contributed by atoms with Crippen molar-refractivity contribution in [2.24, 2.45) is 0 Å². The van der Waals surface area contributed by atoms with E-state index in [2.05, 4.69) is 54.2 Å². The summed E-state index contributed by atoms with van der Waals surface area (Å²) in [6, 6.07) is 17.9. The topological polar surface area (TPSA) is 117 Å². The first-order valence-corrected chi connectivity index (χ1v) is 10.6. The molecule has 0 saturated heterocycles. The van der Waals surface area contributed by atoms with Gasteiger partial charge in [-0.3, -0.25) is 14.6 Å². The number of hydrogen-bond donors (Lipinski definition) is 2. The van der Waals surface area contributed by atoms with E-state index in [9.17, 15) is 9.59 Å². The maximum atomic E-state index is 10.8. The minimum atomic E-state index is -0.710. The molecule has 3 aromatic rings. The van der Waals surface area contributed by atoms with Gasteiger partial charge >= 0.3 is 5.56 Å². The third kappa shape index (κ3) is 3.84. The van der Waals surface area contributed by atoms with E-state index in [0.29, 0.717) is 5.69 Å². The lowest BCUT2D eigenvalue weighted by Gasteiger charge is -1.85. The van der Waals surface area contributed by atoms with Crippen LogP contribution in [0.15, 0.2) is 70.4 Å². The number of aromatic nitrogens is 6. The van der Waals surface area contributed by atoms with Crippen LogP contribution >= 0.6 is 0 Å². The molecule has 0 saturated carbocycles. The Kier molecular flexibility index (Phi) is 4.55. The molecule has 3 aromatic heterocycles. The third-order valence-corrected chi connectivity index (χ3v) is 5.35. The molecule has 0 radical (unpaired) electrons. The minimum Gasteiger partial charge on any atom is -0.355 e. The zero-order chi connectivity index (χ0) is 23.1. The number of nitrogens with zero attached hydrogens (tertiary/aromatic N) is 4. The largest absolute Gasteiger partial charge is 0.355 e. The lowest BCUT2D eigenvalue weighted by Crippen LogP contribution is -2.19. The van der Waals surface area contributed by atoms with Crippen molar-refractivity contribution < 1.29 is 0 Å². The molecule has 0 amide bonds. The van der Waals surface area contributed by atoms with Crippen molar-refractivity contribution in [2.45, 2.75) is 0 Å². The highest BCUT2D eigenvalue weighted by Gasteiger charge is 2.14. The molecular weight excluding hydrogens is 428 g/mol. The summed E-state index contributed by atoms with van der Waals surface area (Å²) in [4.78, 5) is 44.4. The Hall–Kier alpha value is -4.98. The van der Waals surface area contributed by atoms with E-state index in [1.807, 2.05) is 48.6 Å². The van der Waals surface area contributed by atoms with Crippen molar-refractivity contribution in [1.82, 2.24) is 29.9 Å². The molecule has 7 heterocycles. The molecule has 8 bridgehead atoms. The normalized spacial score (nSPS) is 12.1. The first-order valence-electron chi connectivity index (χ1n) is 10.6. The maximum absolute atomic E-state index is 10.8. The summed E-state index contributed by atoms with van der Waals surface area (Å²) >= 11 is 0. The van der Waals surface area contributed by atoms with Crippen molar-refractivity contribution in [3.8, 4) is 11.4 Å². The van der Waals surface area contributed by atoms with E-state index < -0.39 is 11.0 Å². The van der Waals surface area contributed by atoms with Gasteiger partial charge in [0.2, 0.25) is 0 Å². The number of nitrogens with one attached hydrogen (secondary N) is 2. The molecule has 4 aliphatic rings. The van der Waals surface area contributed by atoms with Crippen molar-refractivity contribution in [1.29, 1.82) is 0 Å². The van der Waals surface area contributed by atoms with Crippen molar-refractivity contribution in [3.05, 3.63) is 104 Å². The molecule has 0 aliphatic carbocycles. The fraction of sp³-hybridized carbons (Fsp3) is 0. The standard InChI is InChI=1S/C20H14N4.C6H2N2O2/c1-2-14-10-16-5-6-18(23-16)12-20-8-7-19(24-20)11-17-4-3-15(22-17)9-13(1)21-14;9-5-4-3(1-2-7-4)8-6(5)10/h1-12,21,24H;1-2H. The molecule has 0 atom stereocenters. The van der Waals surface area contributed by atoms with Gasteiger partial charge in [-0.05, 0) is 78.9 Å². The van der Waals surface area contributed by atoms with Crippen molar-refractivity contribution in [3.63, 3.8) is 0 Å². The summed E-state index contributed by atoms with van der Waals surface area (Å²) in [5.74, 6) is 0. The van der Waals surface area contributed by atoms with Gasteiger partial charge in [0.15, 0.2) is 0 Å². The van der Waals surface area contributed by atoms with E-state index >= 15 is 0 Å². The van der Waals surface area contributed by atoms with Crippen molar-refractivity contribution >= 4 is 46.4 Å². The fourth-order valence-electron chi connectivity index (χ4n) is 3.80. The molecule has 4 aliphatic heterocycles. The van der Waals surface area contributed by atoms with Gasteiger partial charge in [0.25, 0.3) is 5.43 Å². The quantitative estimate of drug-likeness (QED) is 0.343. The second-order valence-electron chi connectivity index (χ2n) is 7.83. The number of hydrogen-bond acceptors (Lipinski definition) is 6. The summed E-state index contributed by atoms with van der Waals surface area (Å²) < 4.78 is 0. The highest BCUT2D eigenvalue weighted by Crippen LogP contribution is 2.17. The van der Waals surface area contributed by atoms with Crippen LogP contribution < -0.4 is 11.0 Å². The second kappa shape index (κ2) is 7.86. The van der Waals surface area contributed by atoms with E-state index in [1.54, 1.807) is 0 Å². The number of H-pyrrole nitrogens is 2. The van der Waals surface area contributed by atoms with Gasteiger partial charge in [-0.15, -0.1) is 0 Å². The average molecular weight is 444 g/mol. The molecule has 0 fully saturated rings. The van der Waals surface area contributed by atoms with Gasteiger partial charge in [-0.2, -0.15) is 0 Å². The summed E-state index contributed by atoms with van der Waals surface area (Å²) in [7, 11) is 0. The smallest absolute Gasteiger partial charge is 0.320 e. The predicted octanol–water partition coefficient (Wildman–Crippen LogP) is 3.83. The van der Waals surface area contributed by atoms with Gasteiger partial charge < -0.3 is 9.97 Å². The molecule has 0 spiro atoms. The van der Waals surface area contributed by atoms with Crippen LogP contribution in [0.1, 0.15) is 22.8 Å².